The van der Waals surface area contributed by atoms with Gasteiger partial charge in [0, 0.05) is 33.2 Å². The number of aliphatic imine (C=N–C) groups is 1. The minimum Gasteiger partial charge on any atom is -0.379 e. The number of nitrogens with one attached hydrogen (secondary N) is 2. The van der Waals surface area contributed by atoms with Gasteiger partial charge >= 0.3 is 0 Å². The van der Waals surface area contributed by atoms with E-state index < -0.39 is 10.0 Å². The first-order valence-electron chi connectivity index (χ1n) is 8.58. The second kappa shape index (κ2) is 11.7. The number of morpholine rings is 1. The zero-order valence-corrected chi connectivity index (χ0v) is 18.5. The van der Waals surface area contributed by atoms with Crippen LogP contribution in [0.2, 0.25) is 0 Å². The smallest absolute Gasteiger partial charge is 0.215 e. The summed E-state index contributed by atoms with van der Waals surface area (Å²) in [5, 5.41) is 6.32. The Morgan fingerprint density at radius 3 is 2.50 bits per heavy atom. The molecule has 1 heterocycles. The minimum absolute atomic E-state index is 0. The predicted octanol–water partition coefficient (Wildman–Crippen LogP) is 1.24. The lowest BCUT2D eigenvalue weighted by atomic mass is 10.0. The molecule has 26 heavy (non-hydrogen) atoms. The van der Waals surface area contributed by atoms with Crippen molar-refractivity contribution >= 4 is 40.0 Å². The van der Waals surface area contributed by atoms with Gasteiger partial charge in [0.05, 0.1) is 19.0 Å². The summed E-state index contributed by atoms with van der Waals surface area (Å²) < 4.78 is 31.2. The van der Waals surface area contributed by atoms with Crippen LogP contribution in [0.1, 0.15) is 18.4 Å². The third-order valence-electron chi connectivity index (χ3n) is 4.18. The van der Waals surface area contributed by atoms with E-state index in [1.54, 1.807) is 7.05 Å². The van der Waals surface area contributed by atoms with Crippen molar-refractivity contribution in [3.8, 4) is 0 Å². The van der Waals surface area contributed by atoms with Crippen LogP contribution in [0.3, 0.4) is 0 Å². The molecule has 0 saturated carbocycles. The molecule has 9 heteroatoms. The van der Waals surface area contributed by atoms with E-state index in [9.17, 15) is 8.42 Å². The molecule has 0 aliphatic carbocycles. The lowest BCUT2D eigenvalue weighted by Gasteiger charge is -2.26. The van der Waals surface area contributed by atoms with Gasteiger partial charge < -0.3 is 15.4 Å². The molecule has 1 atom stereocenters. The summed E-state index contributed by atoms with van der Waals surface area (Å²) >= 11 is 0. The van der Waals surface area contributed by atoms with Gasteiger partial charge in [-0.15, -0.1) is 24.0 Å². The maximum Gasteiger partial charge on any atom is 0.215 e. The summed E-state index contributed by atoms with van der Waals surface area (Å²) in [7, 11) is -1.57. The Bertz CT molecular complexity index is 649. The molecule has 2 N–H and O–H groups in total. The molecule has 148 valence electrons. The van der Waals surface area contributed by atoms with Crippen molar-refractivity contribution in [2.24, 2.45) is 4.99 Å². The average molecular weight is 496 g/mol. The standard InChI is InChI=1S/C17H28N4O3S.HI/c1-15(16-6-4-3-5-7-16)14-20-17(18-2)19-8-13-25(22,23)21-9-11-24-12-10-21;/h3-7,15H,8-14H2,1-2H3,(H2,18,19,20);1H. The SMILES string of the molecule is CN=C(NCCS(=O)(=O)N1CCOCC1)NCC(C)c1ccccc1.I. The Hall–Kier alpha value is -0.910. The maximum absolute atomic E-state index is 12.3. The van der Waals surface area contributed by atoms with Crippen LogP contribution in [0, 0.1) is 0 Å². The van der Waals surface area contributed by atoms with E-state index >= 15 is 0 Å². The van der Waals surface area contributed by atoms with Crippen LogP contribution in [0.5, 0.6) is 0 Å². The van der Waals surface area contributed by atoms with Gasteiger partial charge in [0.15, 0.2) is 5.96 Å². The minimum atomic E-state index is -3.25. The molecule has 1 saturated heterocycles. The molecular weight excluding hydrogens is 467 g/mol. The molecule has 0 spiro atoms. The van der Waals surface area contributed by atoms with Gasteiger partial charge in [-0.25, -0.2) is 8.42 Å². The maximum atomic E-state index is 12.3. The van der Waals surface area contributed by atoms with Crippen molar-refractivity contribution in [1.82, 2.24) is 14.9 Å². The van der Waals surface area contributed by atoms with Crippen LogP contribution in [0.15, 0.2) is 35.3 Å². The summed E-state index contributed by atoms with van der Waals surface area (Å²) in [6.07, 6.45) is 0. The van der Waals surface area contributed by atoms with Gasteiger partial charge in [0.2, 0.25) is 10.0 Å². The lowest BCUT2D eigenvalue weighted by molar-refractivity contribution is 0.0730. The fourth-order valence-electron chi connectivity index (χ4n) is 2.62. The van der Waals surface area contributed by atoms with E-state index in [4.69, 9.17) is 4.74 Å². The molecule has 1 aromatic carbocycles. The molecule has 1 unspecified atom stereocenters. The van der Waals surface area contributed by atoms with Crippen molar-refractivity contribution in [2.75, 3.05) is 52.2 Å². The highest BCUT2D eigenvalue weighted by molar-refractivity contribution is 14.0. The Labute approximate surface area is 173 Å². The summed E-state index contributed by atoms with van der Waals surface area (Å²) in [5.74, 6) is 0.985. The molecule has 0 bridgehead atoms. The largest absolute Gasteiger partial charge is 0.379 e. The monoisotopic (exact) mass is 496 g/mol. The van der Waals surface area contributed by atoms with Crippen LogP contribution in [-0.4, -0.2) is 70.9 Å². The van der Waals surface area contributed by atoms with Crippen LogP contribution in [0.25, 0.3) is 0 Å². The van der Waals surface area contributed by atoms with Crippen molar-refractivity contribution in [1.29, 1.82) is 0 Å². The zero-order valence-electron chi connectivity index (χ0n) is 15.3. The van der Waals surface area contributed by atoms with Crippen LogP contribution >= 0.6 is 24.0 Å². The van der Waals surface area contributed by atoms with Crippen LogP contribution in [-0.2, 0) is 14.8 Å². The molecule has 7 nitrogen and oxygen atoms in total. The second-order valence-electron chi connectivity index (χ2n) is 6.02. The number of guanidine groups is 1. The summed E-state index contributed by atoms with van der Waals surface area (Å²) in [4.78, 5) is 4.15. The summed E-state index contributed by atoms with van der Waals surface area (Å²) in [5.41, 5.74) is 1.25. The molecule has 1 aromatic rings. The quantitative estimate of drug-likeness (QED) is 0.337. The van der Waals surface area contributed by atoms with Gasteiger partial charge in [-0.05, 0) is 11.5 Å². The third-order valence-corrected chi connectivity index (χ3v) is 6.06. The molecule has 2 rings (SSSR count). The van der Waals surface area contributed by atoms with E-state index in [2.05, 4.69) is 34.7 Å². The highest BCUT2D eigenvalue weighted by atomic mass is 127. The number of sulfonamides is 1. The van der Waals surface area contributed by atoms with E-state index in [0.717, 1.165) is 6.54 Å². The number of benzene rings is 1. The molecule has 0 amide bonds. The topological polar surface area (TPSA) is 83.0 Å². The fourth-order valence-corrected chi connectivity index (χ4v) is 3.95. The normalized spacial score (nSPS) is 17.2. The highest BCUT2D eigenvalue weighted by Crippen LogP contribution is 2.12. The Kier molecular flexibility index (Phi) is 10.4. The highest BCUT2D eigenvalue weighted by Gasteiger charge is 2.23. The van der Waals surface area contributed by atoms with Gasteiger partial charge in [-0.2, -0.15) is 4.31 Å². The van der Waals surface area contributed by atoms with Crippen LogP contribution < -0.4 is 10.6 Å². The first kappa shape index (κ1) is 23.1. The molecule has 1 aliphatic rings. The van der Waals surface area contributed by atoms with Crippen molar-refractivity contribution in [2.45, 2.75) is 12.8 Å². The van der Waals surface area contributed by atoms with Gasteiger partial charge in [0.25, 0.3) is 0 Å². The number of nitrogens with zero attached hydrogens (tertiary/aromatic N) is 2. The Morgan fingerprint density at radius 2 is 1.88 bits per heavy atom. The Morgan fingerprint density at radius 1 is 1.23 bits per heavy atom. The number of hydrogen-bond acceptors (Lipinski definition) is 4. The molecular formula is C17H29IN4O3S. The number of halogens is 1. The number of rotatable bonds is 7. The average Bonchev–Trinajstić information content (AvgIpc) is 2.65. The van der Waals surface area contributed by atoms with E-state index in [0.29, 0.717) is 44.7 Å². The first-order valence-corrected chi connectivity index (χ1v) is 10.2. The van der Waals surface area contributed by atoms with Crippen molar-refractivity contribution in [3.05, 3.63) is 35.9 Å². The van der Waals surface area contributed by atoms with Gasteiger partial charge in [-0.1, -0.05) is 37.3 Å². The van der Waals surface area contributed by atoms with Crippen molar-refractivity contribution < 1.29 is 13.2 Å². The number of hydrogen-bond donors (Lipinski definition) is 2. The summed E-state index contributed by atoms with van der Waals surface area (Å²) in [6.45, 7) is 4.98. The number of ether oxygens (including phenoxy) is 1. The predicted molar refractivity (Wildman–Crippen MR) is 116 cm³/mol. The van der Waals surface area contributed by atoms with E-state index in [1.807, 2.05) is 18.2 Å². The van der Waals surface area contributed by atoms with Crippen molar-refractivity contribution in [3.63, 3.8) is 0 Å². The molecule has 1 fully saturated rings. The van der Waals surface area contributed by atoms with Gasteiger partial charge in [-0.3, -0.25) is 4.99 Å². The zero-order chi connectivity index (χ0) is 18.1. The first-order chi connectivity index (χ1) is 12.0. The van der Waals surface area contributed by atoms with Crippen LogP contribution in [0.4, 0.5) is 0 Å². The third kappa shape index (κ3) is 7.37. The second-order valence-corrected chi connectivity index (χ2v) is 8.11. The molecule has 1 aliphatic heterocycles. The Balaban J connectivity index is 0.00000338. The molecule has 0 aromatic heterocycles. The molecule has 0 radical (unpaired) electrons. The van der Waals surface area contributed by atoms with E-state index in [-0.39, 0.29) is 29.7 Å². The van der Waals surface area contributed by atoms with Gasteiger partial charge in [0.1, 0.15) is 0 Å². The van der Waals surface area contributed by atoms with E-state index in [1.165, 1.54) is 9.87 Å². The lowest BCUT2D eigenvalue weighted by Crippen LogP contribution is -2.45. The fraction of sp³-hybridized carbons (Fsp3) is 0.588. The summed E-state index contributed by atoms with van der Waals surface area (Å²) in [6, 6.07) is 10.2.